The Labute approximate surface area is 333 Å². The zero-order valence-electron chi connectivity index (χ0n) is 31.5. The van der Waals surface area contributed by atoms with Crippen LogP contribution in [0.25, 0.3) is 38.8 Å². The lowest BCUT2D eigenvalue weighted by Gasteiger charge is -2.34. The molecule has 0 saturated heterocycles. The molecule has 0 amide bonds. The smallest absolute Gasteiger partial charge is 0.138 e. The van der Waals surface area contributed by atoms with Gasteiger partial charge in [-0.05, 0) is 93.7 Å². The molecule has 11 rings (SSSR count). The highest BCUT2D eigenvalue weighted by Crippen LogP contribution is 2.59. The Bertz CT molecular complexity index is 2880. The van der Waals surface area contributed by atoms with E-state index in [0.29, 0.717) is 0 Å². The molecule has 0 bridgehead atoms. The minimum atomic E-state index is -0.491. The molecular formula is C55H39NO. The zero-order chi connectivity index (χ0) is 37.8. The molecule has 9 aromatic rings. The van der Waals surface area contributed by atoms with Crippen LogP contribution in [0, 0.1) is 0 Å². The van der Waals surface area contributed by atoms with Gasteiger partial charge in [-0.2, -0.15) is 0 Å². The molecule has 2 heteroatoms. The minimum absolute atomic E-state index is 0.491. The molecule has 0 aliphatic heterocycles. The number of hydrogen-bond acceptors (Lipinski definition) is 2. The quantitative estimate of drug-likeness (QED) is 0.162. The van der Waals surface area contributed by atoms with E-state index in [1.165, 1.54) is 61.0 Å². The zero-order valence-corrected chi connectivity index (χ0v) is 31.5. The third kappa shape index (κ3) is 5.25. The van der Waals surface area contributed by atoms with Crippen molar-refractivity contribution in [2.24, 2.45) is 0 Å². The topological polar surface area (TPSA) is 16.4 Å². The maximum atomic E-state index is 6.52. The van der Waals surface area contributed by atoms with Crippen LogP contribution in [0.1, 0.15) is 45.6 Å². The van der Waals surface area contributed by atoms with E-state index in [0.717, 1.165) is 46.8 Å². The van der Waals surface area contributed by atoms with Crippen LogP contribution < -0.4 is 4.90 Å². The highest BCUT2D eigenvalue weighted by Gasteiger charge is 2.47. The number of allylic oxidation sites excluding steroid dienone is 1. The van der Waals surface area contributed by atoms with Crippen molar-refractivity contribution in [3.63, 3.8) is 0 Å². The Morgan fingerprint density at radius 3 is 1.72 bits per heavy atom. The highest BCUT2D eigenvalue weighted by molar-refractivity contribution is 5.98. The maximum Gasteiger partial charge on any atom is 0.138 e. The summed E-state index contributed by atoms with van der Waals surface area (Å²) >= 11 is 0. The SMILES string of the molecule is C1=C(c2ccc(N(c3ccc(-c4ccccc4)cc3)c3cccc4c3-c3ccccc3C4(c3ccccc3)c3ccccc3)cc2)c2oc3ccccc3c2CC1. The summed E-state index contributed by atoms with van der Waals surface area (Å²) < 4.78 is 6.52. The van der Waals surface area contributed by atoms with Crippen molar-refractivity contribution in [3.8, 4) is 22.3 Å². The summed E-state index contributed by atoms with van der Waals surface area (Å²) in [6, 6.07) is 75.1. The number of hydrogen-bond donors (Lipinski definition) is 0. The molecule has 0 unspecified atom stereocenters. The van der Waals surface area contributed by atoms with Gasteiger partial charge in [-0.1, -0.05) is 176 Å². The maximum absolute atomic E-state index is 6.52. The molecular weight excluding hydrogens is 691 g/mol. The molecule has 0 N–H and O–H groups in total. The normalized spacial score (nSPS) is 13.7. The van der Waals surface area contributed by atoms with E-state index >= 15 is 0 Å². The number of benzene rings is 8. The van der Waals surface area contributed by atoms with Crippen LogP contribution in [0.3, 0.4) is 0 Å². The molecule has 2 aliphatic carbocycles. The standard InChI is InChI=1S/C55H39NO/c1-4-16-38(17-5-1)39-30-34-43(35-31-39)56(44-36-32-40(33-37-44)45-24-14-25-47-46-22-11-13-29-52(46)57-54(45)47)51-28-15-27-50-53(51)48-23-10-12-26-49(48)55(50,41-18-6-2-7-19-41)42-20-8-3-9-21-42/h1-13,15-24,26-37H,14,25H2. The van der Waals surface area contributed by atoms with Crippen molar-refractivity contribution in [2.75, 3.05) is 4.90 Å². The van der Waals surface area contributed by atoms with E-state index in [2.05, 4.69) is 217 Å². The summed E-state index contributed by atoms with van der Waals surface area (Å²) in [5, 5.41) is 1.22. The van der Waals surface area contributed by atoms with E-state index in [9.17, 15) is 0 Å². The van der Waals surface area contributed by atoms with E-state index in [-0.39, 0.29) is 0 Å². The molecule has 0 fully saturated rings. The molecule has 0 spiro atoms. The predicted molar refractivity (Wildman–Crippen MR) is 235 cm³/mol. The van der Waals surface area contributed by atoms with Crippen LogP contribution in [0.4, 0.5) is 17.1 Å². The van der Waals surface area contributed by atoms with Gasteiger partial charge in [0.2, 0.25) is 0 Å². The molecule has 1 heterocycles. The number of anilines is 3. The van der Waals surface area contributed by atoms with Gasteiger partial charge in [0.25, 0.3) is 0 Å². The Morgan fingerprint density at radius 2 is 1.02 bits per heavy atom. The summed E-state index contributed by atoms with van der Waals surface area (Å²) in [5.41, 5.74) is 17.4. The first-order chi connectivity index (χ1) is 28.3. The largest absolute Gasteiger partial charge is 0.456 e. The van der Waals surface area contributed by atoms with E-state index in [1.54, 1.807) is 0 Å². The van der Waals surface area contributed by atoms with Crippen LogP contribution in [0.5, 0.6) is 0 Å². The Kier molecular flexibility index (Phi) is 7.89. The molecule has 0 radical (unpaired) electrons. The number of fused-ring (bicyclic) bond motifs is 6. The summed E-state index contributed by atoms with van der Waals surface area (Å²) in [6.45, 7) is 0. The lowest BCUT2D eigenvalue weighted by atomic mass is 9.68. The van der Waals surface area contributed by atoms with Crippen molar-refractivity contribution in [2.45, 2.75) is 18.3 Å². The summed E-state index contributed by atoms with van der Waals surface area (Å²) in [4.78, 5) is 2.45. The molecule has 270 valence electrons. The average molecular weight is 730 g/mol. The van der Waals surface area contributed by atoms with Gasteiger partial charge in [0, 0.05) is 33.5 Å². The molecule has 57 heavy (non-hydrogen) atoms. The van der Waals surface area contributed by atoms with Crippen molar-refractivity contribution < 1.29 is 4.42 Å². The van der Waals surface area contributed by atoms with Gasteiger partial charge in [0.1, 0.15) is 11.3 Å². The monoisotopic (exact) mass is 729 g/mol. The fourth-order valence-corrected chi connectivity index (χ4v) is 9.58. The average Bonchev–Trinajstić information content (AvgIpc) is 3.83. The second-order valence-corrected chi connectivity index (χ2v) is 15.1. The van der Waals surface area contributed by atoms with Gasteiger partial charge in [0.15, 0.2) is 0 Å². The van der Waals surface area contributed by atoms with Crippen LogP contribution >= 0.6 is 0 Å². The predicted octanol–water partition coefficient (Wildman–Crippen LogP) is 14.3. The van der Waals surface area contributed by atoms with Crippen molar-refractivity contribution in [1.82, 2.24) is 0 Å². The summed E-state index contributed by atoms with van der Waals surface area (Å²) in [5.74, 6) is 0.999. The van der Waals surface area contributed by atoms with Crippen molar-refractivity contribution >= 4 is 33.6 Å². The Hall–Kier alpha value is -7.16. The van der Waals surface area contributed by atoms with Gasteiger partial charge in [-0.25, -0.2) is 0 Å². The van der Waals surface area contributed by atoms with E-state index in [4.69, 9.17) is 4.42 Å². The minimum Gasteiger partial charge on any atom is -0.456 e. The fraction of sp³-hybridized carbons (Fsp3) is 0.0545. The molecule has 0 saturated carbocycles. The second kappa shape index (κ2) is 13.5. The molecule has 0 atom stereocenters. The number of rotatable bonds is 7. The first kappa shape index (κ1) is 33.2. The summed E-state index contributed by atoms with van der Waals surface area (Å²) in [7, 11) is 0. The number of aryl methyl sites for hydroxylation is 1. The van der Waals surface area contributed by atoms with Gasteiger partial charge >= 0.3 is 0 Å². The second-order valence-electron chi connectivity index (χ2n) is 15.1. The van der Waals surface area contributed by atoms with E-state index < -0.39 is 5.41 Å². The van der Waals surface area contributed by atoms with Crippen LogP contribution in [0.2, 0.25) is 0 Å². The highest BCUT2D eigenvalue weighted by atomic mass is 16.3. The Morgan fingerprint density at radius 1 is 0.456 bits per heavy atom. The first-order valence-electron chi connectivity index (χ1n) is 19.9. The van der Waals surface area contributed by atoms with Crippen molar-refractivity contribution in [3.05, 3.63) is 251 Å². The first-order valence-corrected chi connectivity index (χ1v) is 19.9. The summed E-state index contributed by atoms with van der Waals surface area (Å²) in [6.07, 6.45) is 4.33. The lowest BCUT2D eigenvalue weighted by molar-refractivity contribution is 0.591. The third-order valence-corrected chi connectivity index (χ3v) is 12.1. The Balaban J connectivity index is 1.11. The van der Waals surface area contributed by atoms with Gasteiger partial charge in [-0.15, -0.1) is 0 Å². The lowest BCUT2D eigenvalue weighted by Crippen LogP contribution is -2.28. The number of para-hydroxylation sites is 1. The molecule has 1 aromatic heterocycles. The fourth-order valence-electron chi connectivity index (χ4n) is 9.58. The van der Waals surface area contributed by atoms with Crippen LogP contribution in [0.15, 0.2) is 217 Å². The third-order valence-electron chi connectivity index (χ3n) is 12.1. The van der Waals surface area contributed by atoms with E-state index in [1.807, 2.05) is 0 Å². The van der Waals surface area contributed by atoms with Gasteiger partial charge in [0.05, 0.1) is 11.1 Å². The van der Waals surface area contributed by atoms with Gasteiger partial charge in [-0.3, -0.25) is 0 Å². The van der Waals surface area contributed by atoms with Crippen LogP contribution in [-0.2, 0) is 11.8 Å². The molecule has 2 aliphatic rings. The number of nitrogens with zero attached hydrogens (tertiary/aromatic N) is 1. The number of furan rings is 1. The van der Waals surface area contributed by atoms with Gasteiger partial charge < -0.3 is 9.32 Å². The van der Waals surface area contributed by atoms with Crippen LogP contribution in [-0.4, -0.2) is 0 Å². The molecule has 2 nitrogen and oxygen atoms in total. The van der Waals surface area contributed by atoms with Crippen molar-refractivity contribution in [1.29, 1.82) is 0 Å². The molecule has 8 aromatic carbocycles.